The molecule has 1 fully saturated rings. The second kappa shape index (κ2) is 19.0. The van der Waals surface area contributed by atoms with Crippen LogP contribution in [0, 0.1) is 11.3 Å². The number of hydrogen-bond acceptors (Lipinski definition) is 8. The molecule has 0 aliphatic carbocycles. The number of nitrogens with one attached hydrogen (secondary N) is 2. The van der Waals surface area contributed by atoms with Crippen LogP contribution in [0.2, 0.25) is 0 Å². The number of esters is 1. The summed E-state index contributed by atoms with van der Waals surface area (Å²) >= 11 is 0. The van der Waals surface area contributed by atoms with E-state index in [0.29, 0.717) is 38.3 Å². The van der Waals surface area contributed by atoms with E-state index in [-0.39, 0.29) is 37.6 Å². The van der Waals surface area contributed by atoms with Gasteiger partial charge in [-0.1, -0.05) is 74.5 Å². The standard InChI is InChI=1S/C37H52N4O8/c1-26(2)22-31(33(43)39-30(35(45)46)23-28-14-10-7-11-15-28)41(25-49-36(47)37(3,4)5)34(44)29(17-16-27-12-8-6-9-13-27)38-32(42)24-40-18-20-48-21-19-40/h6-15,26,29-31H,16-25H2,1-5H3,(H,38,42)(H,39,43)(H,45,46)/t29?,30?,31-/m0/s1. The Morgan fingerprint density at radius 1 is 0.898 bits per heavy atom. The Hall–Kier alpha value is -4.29. The van der Waals surface area contributed by atoms with Crippen molar-refractivity contribution in [2.45, 2.75) is 78.4 Å². The predicted octanol–water partition coefficient (Wildman–Crippen LogP) is 3.04. The van der Waals surface area contributed by atoms with Crippen LogP contribution in [0.3, 0.4) is 0 Å². The Balaban J connectivity index is 1.95. The minimum atomic E-state index is -1.28. The van der Waals surface area contributed by atoms with Crippen LogP contribution in [0.5, 0.6) is 0 Å². The minimum Gasteiger partial charge on any atom is -0.480 e. The number of hydrogen-bond donors (Lipinski definition) is 3. The van der Waals surface area contributed by atoms with E-state index in [1.165, 1.54) is 4.90 Å². The molecule has 0 spiro atoms. The SMILES string of the molecule is CC(C)C[C@@H](C(=O)NC(Cc1ccccc1)C(=O)O)N(COC(=O)C(C)(C)C)C(=O)C(CCc1ccccc1)NC(=O)CN1CCOCC1. The zero-order chi connectivity index (χ0) is 36.0. The molecule has 0 radical (unpaired) electrons. The zero-order valence-corrected chi connectivity index (χ0v) is 29.4. The van der Waals surface area contributed by atoms with Gasteiger partial charge in [-0.15, -0.1) is 0 Å². The molecule has 3 rings (SSSR count). The summed E-state index contributed by atoms with van der Waals surface area (Å²) in [5, 5.41) is 15.6. The number of nitrogens with zero attached hydrogens (tertiary/aromatic N) is 2. The van der Waals surface area contributed by atoms with E-state index in [4.69, 9.17) is 9.47 Å². The van der Waals surface area contributed by atoms with Crippen LogP contribution >= 0.6 is 0 Å². The number of amides is 3. The minimum absolute atomic E-state index is 0.0283. The number of carbonyl (C=O) groups is 5. The van der Waals surface area contributed by atoms with Crippen molar-refractivity contribution in [2.24, 2.45) is 11.3 Å². The van der Waals surface area contributed by atoms with Gasteiger partial charge < -0.3 is 25.2 Å². The van der Waals surface area contributed by atoms with Gasteiger partial charge in [-0.05, 0) is 57.1 Å². The Labute approximate surface area is 289 Å². The highest BCUT2D eigenvalue weighted by atomic mass is 16.5. The van der Waals surface area contributed by atoms with E-state index in [0.717, 1.165) is 5.56 Å². The van der Waals surface area contributed by atoms with Gasteiger partial charge in [0.25, 0.3) is 0 Å². The van der Waals surface area contributed by atoms with Gasteiger partial charge in [-0.2, -0.15) is 0 Å². The molecule has 3 amide bonds. The molecular formula is C37H52N4O8. The van der Waals surface area contributed by atoms with Gasteiger partial charge in [0.2, 0.25) is 17.7 Å². The average Bonchev–Trinajstić information content (AvgIpc) is 3.06. The van der Waals surface area contributed by atoms with E-state index in [1.54, 1.807) is 45.0 Å². The van der Waals surface area contributed by atoms with Crippen LogP contribution < -0.4 is 10.6 Å². The van der Waals surface area contributed by atoms with Crippen molar-refractivity contribution in [2.75, 3.05) is 39.6 Å². The maximum absolute atomic E-state index is 14.6. The molecule has 3 N–H and O–H groups in total. The Morgan fingerprint density at radius 3 is 2.04 bits per heavy atom. The summed E-state index contributed by atoms with van der Waals surface area (Å²) in [7, 11) is 0. The number of ether oxygens (including phenoxy) is 2. The fourth-order valence-corrected chi connectivity index (χ4v) is 5.41. The van der Waals surface area contributed by atoms with Gasteiger partial charge in [-0.3, -0.25) is 29.0 Å². The van der Waals surface area contributed by atoms with E-state index in [9.17, 15) is 29.1 Å². The first-order valence-electron chi connectivity index (χ1n) is 16.9. The normalized spacial score (nSPS) is 15.5. The molecular weight excluding hydrogens is 628 g/mol. The lowest BCUT2D eigenvalue weighted by Gasteiger charge is -2.35. The molecule has 2 aromatic carbocycles. The summed E-state index contributed by atoms with van der Waals surface area (Å²) in [5.74, 6) is -3.59. The molecule has 12 nitrogen and oxygen atoms in total. The quantitative estimate of drug-likeness (QED) is 0.169. The van der Waals surface area contributed by atoms with Crippen LogP contribution in [-0.4, -0.2) is 102 Å². The number of aliphatic carboxylic acids is 1. The van der Waals surface area contributed by atoms with Crippen molar-refractivity contribution in [3.05, 3.63) is 71.8 Å². The molecule has 2 aromatic rings. The van der Waals surface area contributed by atoms with Gasteiger partial charge in [-0.25, -0.2) is 4.79 Å². The first kappa shape index (κ1) is 39.2. The van der Waals surface area contributed by atoms with E-state index in [2.05, 4.69) is 10.6 Å². The zero-order valence-electron chi connectivity index (χ0n) is 29.4. The summed E-state index contributed by atoms with van der Waals surface area (Å²) in [6.45, 7) is 10.4. The second-order valence-corrected chi connectivity index (χ2v) is 13.9. The average molecular weight is 681 g/mol. The van der Waals surface area contributed by atoms with Crippen LogP contribution in [0.1, 0.15) is 58.6 Å². The van der Waals surface area contributed by atoms with Crippen molar-refractivity contribution in [3.8, 4) is 0 Å². The van der Waals surface area contributed by atoms with Gasteiger partial charge >= 0.3 is 11.9 Å². The lowest BCUT2D eigenvalue weighted by molar-refractivity contribution is -0.166. The van der Waals surface area contributed by atoms with Gasteiger partial charge in [0.05, 0.1) is 25.2 Å². The topological polar surface area (TPSA) is 155 Å². The first-order chi connectivity index (χ1) is 23.2. The molecule has 268 valence electrons. The van der Waals surface area contributed by atoms with Crippen molar-refractivity contribution in [1.82, 2.24) is 20.4 Å². The molecule has 12 heteroatoms. The maximum atomic E-state index is 14.6. The molecule has 49 heavy (non-hydrogen) atoms. The number of aryl methyl sites for hydroxylation is 1. The third-order valence-electron chi connectivity index (χ3n) is 8.17. The predicted molar refractivity (Wildman–Crippen MR) is 184 cm³/mol. The third kappa shape index (κ3) is 13.3. The lowest BCUT2D eigenvalue weighted by Crippen LogP contribution is -2.59. The fourth-order valence-electron chi connectivity index (χ4n) is 5.41. The molecule has 0 saturated carbocycles. The lowest BCUT2D eigenvalue weighted by atomic mass is 9.97. The van der Waals surface area contributed by atoms with Crippen molar-refractivity contribution in [1.29, 1.82) is 0 Å². The number of carbonyl (C=O) groups excluding carboxylic acids is 4. The van der Waals surface area contributed by atoms with E-state index in [1.807, 2.05) is 55.1 Å². The van der Waals surface area contributed by atoms with E-state index >= 15 is 0 Å². The molecule has 1 aliphatic heterocycles. The van der Waals surface area contributed by atoms with Crippen molar-refractivity contribution in [3.63, 3.8) is 0 Å². The molecule has 1 saturated heterocycles. The summed E-state index contributed by atoms with van der Waals surface area (Å²) in [6.07, 6.45) is 0.836. The highest BCUT2D eigenvalue weighted by Crippen LogP contribution is 2.20. The summed E-state index contributed by atoms with van der Waals surface area (Å²) in [4.78, 5) is 70.3. The third-order valence-corrected chi connectivity index (χ3v) is 8.17. The molecule has 1 aliphatic rings. The second-order valence-electron chi connectivity index (χ2n) is 13.9. The van der Waals surface area contributed by atoms with Crippen LogP contribution in [0.15, 0.2) is 60.7 Å². The fraction of sp³-hybridized carbons (Fsp3) is 0.541. The van der Waals surface area contributed by atoms with Gasteiger partial charge in [0, 0.05) is 19.5 Å². The summed E-state index contributed by atoms with van der Waals surface area (Å²) in [6, 6.07) is 14.9. The van der Waals surface area contributed by atoms with Crippen LogP contribution in [0.25, 0.3) is 0 Å². The number of rotatable bonds is 17. The Kier molecular flexibility index (Phi) is 15.2. The summed E-state index contributed by atoms with van der Waals surface area (Å²) in [5.41, 5.74) is 0.773. The van der Waals surface area contributed by atoms with Crippen molar-refractivity contribution >= 4 is 29.7 Å². The monoisotopic (exact) mass is 680 g/mol. The maximum Gasteiger partial charge on any atom is 0.326 e. The number of carboxylic acid groups (broad SMARTS) is 1. The highest BCUT2D eigenvalue weighted by molar-refractivity contribution is 5.94. The number of carboxylic acids is 1. The highest BCUT2D eigenvalue weighted by Gasteiger charge is 2.38. The van der Waals surface area contributed by atoms with Gasteiger partial charge in [0.15, 0.2) is 6.73 Å². The van der Waals surface area contributed by atoms with Crippen LogP contribution in [-0.2, 0) is 46.3 Å². The molecule has 1 heterocycles. The molecule has 0 aromatic heterocycles. The smallest absolute Gasteiger partial charge is 0.326 e. The summed E-state index contributed by atoms with van der Waals surface area (Å²) < 4.78 is 11.0. The number of benzene rings is 2. The molecule has 0 bridgehead atoms. The van der Waals surface area contributed by atoms with E-state index < -0.39 is 54.0 Å². The van der Waals surface area contributed by atoms with Crippen LogP contribution in [0.4, 0.5) is 0 Å². The Bertz CT molecular complexity index is 1370. The molecule has 3 atom stereocenters. The van der Waals surface area contributed by atoms with Crippen molar-refractivity contribution < 1.29 is 38.6 Å². The Morgan fingerprint density at radius 2 is 1.49 bits per heavy atom. The largest absolute Gasteiger partial charge is 0.480 e. The number of morpholine rings is 1. The first-order valence-corrected chi connectivity index (χ1v) is 16.9. The molecule has 2 unspecified atom stereocenters. The van der Waals surface area contributed by atoms with Gasteiger partial charge in [0.1, 0.15) is 18.1 Å².